The molecular formula is C47H76N6O12. The van der Waals surface area contributed by atoms with Crippen molar-refractivity contribution >= 4 is 30.0 Å². The number of carbonyl (C=O) groups excluding carboxylic acids is 3. The lowest BCUT2D eigenvalue weighted by atomic mass is 10.1. The van der Waals surface area contributed by atoms with Gasteiger partial charge in [-0.05, 0) is 137 Å². The number of ether oxygens (including phenoxy) is 2. The lowest BCUT2D eigenvalue weighted by molar-refractivity contribution is -0.165. The molecule has 3 rings (SSSR count). The maximum Gasteiger partial charge on any atom is 0.414 e. The van der Waals surface area contributed by atoms with Crippen molar-refractivity contribution in [2.24, 2.45) is 0 Å². The number of aliphatic carboxylic acids is 2. The largest absolute Gasteiger partial charge is 0.508 e. The molecule has 366 valence electrons. The minimum Gasteiger partial charge on any atom is -0.508 e. The van der Waals surface area contributed by atoms with E-state index in [0.717, 1.165) is 23.2 Å². The van der Waals surface area contributed by atoms with Crippen LogP contribution in [0.25, 0.3) is 0 Å². The third-order valence-corrected chi connectivity index (χ3v) is 10.2. The molecule has 0 saturated heterocycles. The van der Waals surface area contributed by atoms with Crippen molar-refractivity contribution < 1.29 is 59.0 Å². The number of carboxylic acid groups (broad SMARTS) is 2. The summed E-state index contributed by atoms with van der Waals surface area (Å²) < 4.78 is 10.6. The van der Waals surface area contributed by atoms with Gasteiger partial charge in [-0.1, -0.05) is 36.4 Å². The van der Waals surface area contributed by atoms with Gasteiger partial charge in [0.05, 0.1) is 0 Å². The van der Waals surface area contributed by atoms with Gasteiger partial charge in [-0.3, -0.25) is 4.79 Å². The van der Waals surface area contributed by atoms with E-state index in [1.54, 1.807) is 57.2 Å². The van der Waals surface area contributed by atoms with Crippen LogP contribution in [0.5, 0.6) is 17.2 Å². The number of rotatable bonds is 14. The van der Waals surface area contributed by atoms with Crippen LogP contribution in [-0.2, 0) is 14.4 Å². The molecule has 3 aromatic carbocycles. The smallest absolute Gasteiger partial charge is 0.414 e. The second-order valence-corrected chi connectivity index (χ2v) is 15.5. The molecule has 0 bridgehead atoms. The lowest BCUT2D eigenvalue weighted by Gasteiger charge is -2.21. The first-order chi connectivity index (χ1) is 30.2. The SMILES string of the molecule is CCN(C)C(=O)Oc1cccc([C@H](C)N(C)C)c1.CCN(C)C(=O)Oc1cccc([C@H](C)N(C)C)c1.CCN(C)C(C)=O.C[C@@H](c1cccc(O)c1)N(C)C.O=C(O)[C@H](O)[C@@H](O)C(=O)O. The maximum absolute atomic E-state index is 11.7. The Kier molecular flexibility index (Phi) is 30.1. The van der Waals surface area contributed by atoms with Crippen LogP contribution in [0.15, 0.2) is 72.8 Å². The highest BCUT2D eigenvalue weighted by Gasteiger charge is 2.29. The predicted octanol–water partition coefficient (Wildman–Crippen LogP) is 5.90. The average molecular weight is 917 g/mol. The third-order valence-electron chi connectivity index (χ3n) is 10.2. The predicted molar refractivity (Wildman–Crippen MR) is 252 cm³/mol. The highest BCUT2D eigenvalue weighted by Crippen LogP contribution is 2.24. The highest BCUT2D eigenvalue weighted by atomic mass is 16.6. The first-order valence-electron chi connectivity index (χ1n) is 21.0. The van der Waals surface area contributed by atoms with Gasteiger partial charge < -0.3 is 64.4 Å². The summed E-state index contributed by atoms with van der Waals surface area (Å²) in [7, 11) is 17.3. The first-order valence-corrected chi connectivity index (χ1v) is 21.0. The molecule has 0 saturated carbocycles. The molecule has 0 heterocycles. The summed E-state index contributed by atoms with van der Waals surface area (Å²) in [4.78, 5) is 64.2. The van der Waals surface area contributed by atoms with Crippen molar-refractivity contribution in [2.75, 3.05) is 83.1 Å². The van der Waals surface area contributed by atoms with Crippen LogP contribution in [0.4, 0.5) is 9.59 Å². The fourth-order valence-electron chi connectivity index (χ4n) is 4.46. The van der Waals surface area contributed by atoms with E-state index in [0.29, 0.717) is 36.4 Å². The second kappa shape index (κ2) is 32.0. The Balaban J connectivity index is 0. The Hall–Kier alpha value is -5.79. The molecule has 0 aliphatic carbocycles. The number of phenolic OH excluding ortho intramolecular Hbond substituents is 1. The molecule has 3 aromatic rings. The van der Waals surface area contributed by atoms with E-state index in [2.05, 4.69) is 35.5 Å². The molecule has 0 spiro atoms. The average Bonchev–Trinajstić information content (AvgIpc) is 3.27. The first kappa shape index (κ1) is 61.3. The minimum absolute atomic E-state index is 0.127. The van der Waals surface area contributed by atoms with Crippen molar-refractivity contribution in [3.05, 3.63) is 89.5 Å². The van der Waals surface area contributed by atoms with Gasteiger partial charge >= 0.3 is 24.1 Å². The van der Waals surface area contributed by atoms with E-state index < -0.39 is 24.1 Å². The fourth-order valence-corrected chi connectivity index (χ4v) is 4.46. The number of amides is 3. The van der Waals surface area contributed by atoms with Crippen LogP contribution in [0.1, 0.15) is 83.3 Å². The van der Waals surface area contributed by atoms with E-state index in [1.807, 2.05) is 112 Å². The highest BCUT2D eigenvalue weighted by molar-refractivity contribution is 5.83. The van der Waals surface area contributed by atoms with Gasteiger partial charge in [0.15, 0.2) is 12.2 Å². The Bertz CT molecular complexity index is 1780. The van der Waals surface area contributed by atoms with E-state index in [-0.39, 0.29) is 30.2 Å². The van der Waals surface area contributed by atoms with Crippen LogP contribution in [0, 0.1) is 0 Å². The normalized spacial score (nSPS) is 12.6. The van der Waals surface area contributed by atoms with E-state index in [1.165, 1.54) is 9.80 Å². The van der Waals surface area contributed by atoms with Gasteiger partial charge in [-0.15, -0.1) is 0 Å². The monoisotopic (exact) mass is 917 g/mol. The van der Waals surface area contributed by atoms with Gasteiger partial charge in [0, 0.05) is 65.8 Å². The van der Waals surface area contributed by atoms with Crippen molar-refractivity contribution in [3.8, 4) is 17.2 Å². The molecule has 18 nitrogen and oxygen atoms in total. The number of nitrogens with zero attached hydrogens (tertiary/aromatic N) is 6. The quantitative estimate of drug-likeness (QED) is 0.127. The Morgan fingerprint density at radius 1 is 0.508 bits per heavy atom. The van der Waals surface area contributed by atoms with Crippen molar-refractivity contribution in [1.29, 1.82) is 0 Å². The van der Waals surface area contributed by atoms with Crippen LogP contribution in [-0.4, -0.2) is 180 Å². The molecule has 5 atom stereocenters. The number of aromatic hydroxyl groups is 1. The summed E-state index contributed by atoms with van der Waals surface area (Å²) >= 11 is 0. The summed E-state index contributed by atoms with van der Waals surface area (Å²) in [6.45, 7) is 15.7. The summed E-state index contributed by atoms with van der Waals surface area (Å²) in [5, 5.41) is 41.8. The van der Waals surface area contributed by atoms with E-state index in [4.69, 9.17) is 29.9 Å². The van der Waals surface area contributed by atoms with Crippen LogP contribution >= 0.6 is 0 Å². The number of aliphatic hydroxyl groups is 2. The molecule has 3 amide bonds. The number of carboxylic acids is 2. The second-order valence-electron chi connectivity index (χ2n) is 15.5. The van der Waals surface area contributed by atoms with Gasteiger partial charge in [0.25, 0.3) is 0 Å². The Morgan fingerprint density at radius 3 is 1.03 bits per heavy atom. The van der Waals surface area contributed by atoms with Gasteiger partial charge in [0.2, 0.25) is 5.91 Å². The number of hydrogen-bond donors (Lipinski definition) is 5. The summed E-state index contributed by atoms with van der Waals surface area (Å²) in [5.74, 6) is -1.90. The molecule has 0 aliphatic rings. The number of carbonyl (C=O) groups is 5. The molecular weight excluding hydrogens is 841 g/mol. The molecule has 18 heteroatoms. The zero-order chi connectivity index (χ0) is 50.7. The Labute approximate surface area is 386 Å². The van der Waals surface area contributed by atoms with Gasteiger partial charge in [-0.2, -0.15) is 0 Å². The Morgan fingerprint density at radius 2 is 0.800 bits per heavy atom. The summed E-state index contributed by atoms with van der Waals surface area (Å²) in [5.41, 5.74) is 3.40. The standard InChI is InChI=1S/2C14H22N2O2.C10H15NO.C5H11NO.C4H6O6/c2*1-6-16(5)14(17)18-13-9-7-8-12(10-13)11(2)15(3)4;1-8(11(2)3)9-5-4-6-10(12)7-9;1-4-6(3)5(2)7;5-1(3(7)8)2(6)4(9)10/h2*7-11H,6H2,1-5H3;4-8,12H,1-3H3;4H2,1-3H3;1-2,5-6H,(H,7,8)(H,9,10)/t2*11-;8-;;1-,2-/m000.1/s1. The molecule has 0 radical (unpaired) electrons. The topological polar surface area (TPSA) is 224 Å². The lowest BCUT2D eigenvalue weighted by Crippen LogP contribution is -2.39. The van der Waals surface area contributed by atoms with Crippen LogP contribution in [0.2, 0.25) is 0 Å². The van der Waals surface area contributed by atoms with Gasteiger partial charge in [-0.25, -0.2) is 19.2 Å². The van der Waals surface area contributed by atoms with Crippen LogP contribution in [0.3, 0.4) is 0 Å². The van der Waals surface area contributed by atoms with Crippen molar-refractivity contribution in [2.45, 2.75) is 78.8 Å². The molecule has 0 unspecified atom stereocenters. The van der Waals surface area contributed by atoms with Crippen molar-refractivity contribution in [1.82, 2.24) is 29.4 Å². The number of aliphatic hydroxyl groups excluding tert-OH is 2. The summed E-state index contributed by atoms with van der Waals surface area (Å²) in [6, 6.07) is 23.6. The van der Waals surface area contributed by atoms with E-state index >= 15 is 0 Å². The third kappa shape index (κ3) is 24.7. The number of hydrogen-bond acceptors (Lipinski definition) is 13. The summed E-state index contributed by atoms with van der Waals surface area (Å²) in [6.07, 6.45) is -5.19. The molecule has 5 N–H and O–H groups in total. The zero-order valence-corrected chi connectivity index (χ0v) is 41.2. The number of benzene rings is 3. The molecule has 0 fully saturated rings. The van der Waals surface area contributed by atoms with Crippen molar-refractivity contribution in [3.63, 3.8) is 0 Å². The van der Waals surface area contributed by atoms with Crippen LogP contribution < -0.4 is 9.47 Å². The number of phenols is 1. The molecule has 0 aromatic heterocycles. The van der Waals surface area contributed by atoms with E-state index in [9.17, 15) is 29.1 Å². The molecule has 65 heavy (non-hydrogen) atoms. The maximum atomic E-state index is 11.7. The molecule has 0 aliphatic heterocycles. The zero-order valence-electron chi connectivity index (χ0n) is 41.2. The van der Waals surface area contributed by atoms with Gasteiger partial charge in [0.1, 0.15) is 17.2 Å². The fraction of sp³-hybridized carbons (Fsp3) is 0.511. The minimum atomic E-state index is -2.27.